The second kappa shape index (κ2) is 7.89. The highest BCUT2D eigenvalue weighted by Crippen LogP contribution is 2.42. The molecule has 164 valence electrons. The number of benzene rings is 2. The molecule has 0 amide bonds. The molecule has 0 saturated heterocycles. The van der Waals surface area contributed by atoms with Gasteiger partial charge in [-0.05, 0) is 66.8 Å². The molecule has 0 unspecified atom stereocenters. The first-order chi connectivity index (χ1) is 14.6. The number of fused-ring (bicyclic) bond motifs is 1. The van der Waals surface area contributed by atoms with Crippen molar-refractivity contribution in [2.45, 2.75) is 44.0 Å². The van der Waals surface area contributed by atoms with E-state index in [2.05, 4.69) is 10.2 Å². The Labute approximate surface area is 183 Å². The molecule has 7 nitrogen and oxygen atoms in total. The van der Waals surface area contributed by atoms with Gasteiger partial charge in [0, 0.05) is 17.5 Å². The Balaban J connectivity index is 1.89. The number of aromatic nitrogens is 2. The van der Waals surface area contributed by atoms with Gasteiger partial charge in [0.2, 0.25) is 15.9 Å². The molecule has 1 aliphatic heterocycles. The molecular formula is C21H21ClFN3O4S. The number of nitrogens with zero attached hydrogens (tertiary/aromatic N) is 2. The summed E-state index contributed by atoms with van der Waals surface area (Å²) in [7, 11) is -3.99. The third kappa shape index (κ3) is 3.71. The number of sulfonamides is 1. The average molecular weight is 466 g/mol. The number of rotatable bonds is 4. The van der Waals surface area contributed by atoms with Crippen molar-refractivity contribution >= 4 is 21.6 Å². The lowest BCUT2D eigenvalue weighted by molar-refractivity contribution is 0.236. The monoisotopic (exact) mass is 465 g/mol. The van der Waals surface area contributed by atoms with Crippen LogP contribution in [0.5, 0.6) is 0 Å². The summed E-state index contributed by atoms with van der Waals surface area (Å²) in [6.45, 7) is 5.45. The Hall–Kier alpha value is -2.49. The molecule has 4 rings (SSSR count). The second-order valence-electron chi connectivity index (χ2n) is 7.71. The number of H-pyrrole nitrogens is 1. The van der Waals surface area contributed by atoms with Gasteiger partial charge in [-0.3, -0.25) is 0 Å². The van der Waals surface area contributed by atoms with Crippen LogP contribution in [-0.4, -0.2) is 29.5 Å². The Morgan fingerprint density at radius 3 is 2.68 bits per heavy atom. The van der Waals surface area contributed by atoms with Crippen LogP contribution in [0.3, 0.4) is 0 Å². The summed E-state index contributed by atoms with van der Waals surface area (Å²) in [5.74, 6) is -2.07. The van der Waals surface area contributed by atoms with Gasteiger partial charge in [-0.15, -0.1) is 5.10 Å². The predicted octanol–water partition coefficient (Wildman–Crippen LogP) is 3.86. The lowest BCUT2D eigenvalue weighted by atomic mass is 9.87. The Bertz CT molecular complexity index is 1320. The Morgan fingerprint density at radius 1 is 1.26 bits per heavy atom. The van der Waals surface area contributed by atoms with Crippen LogP contribution in [0.1, 0.15) is 47.0 Å². The van der Waals surface area contributed by atoms with Gasteiger partial charge in [-0.25, -0.2) is 22.7 Å². The molecule has 1 aliphatic rings. The van der Waals surface area contributed by atoms with Crippen LogP contribution in [0.15, 0.2) is 44.4 Å². The molecule has 2 atom stereocenters. The molecule has 2 heterocycles. The van der Waals surface area contributed by atoms with Crippen LogP contribution < -0.4 is 5.76 Å². The number of hydrogen-bond donors (Lipinski definition) is 1. The van der Waals surface area contributed by atoms with Crippen molar-refractivity contribution in [1.82, 2.24) is 14.5 Å². The Morgan fingerprint density at radius 2 is 2.00 bits per heavy atom. The van der Waals surface area contributed by atoms with Gasteiger partial charge < -0.3 is 4.42 Å². The zero-order valence-electron chi connectivity index (χ0n) is 17.1. The van der Waals surface area contributed by atoms with Crippen molar-refractivity contribution in [2.75, 3.05) is 6.54 Å². The molecule has 3 aromatic rings. The van der Waals surface area contributed by atoms with E-state index in [1.165, 1.54) is 22.5 Å². The summed E-state index contributed by atoms with van der Waals surface area (Å²) in [5, 5.41) is 6.53. The maximum absolute atomic E-state index is 14.9. The molecule has 10 heteroatoms. The summed E-state index contributed by atoms with van der Waals surface area (Å²) in [6.07, 6.45) is 0.405. The molecule has 0 radical (unpaired) electrons. The predicted molar refractivity (Wildman–Crippen MR) is 113 cm³/mol. The highest BCUT2D eigenvalue weighted by Gasteiger charge is 2.43. The van der Waals surface area contributed by atoms with E-state index in [4.69, 9.17) is 16.0 Å². The van der Waals surface area contributed by atoms with Crippen LogP contribution in [0, 0.1) is 19.7 Å². The van der Waals surface area contributed by atoms with E-state index in [9.17, 15) is 17.6 Å². The standard InChI is InChI=1S/C21H21ClFN3O4S/c1-11-4-6-16(23)18(12(11)2)13(3)19(20-24-25-21(27)30-20)26-9-8-14-10-15(22)5-7-17(14)31(26,28)29/h4-7,10,13,19H,8-9H2,1-3H3,(H,25,27)/t13-,19+/m1/s1. The van der Waals surface area contributed by atoms with Gasteiger partial charge >= 0.3 is 5.76 Å². The lowest BCUT2D eigenvalue weighted by Crippen LogP contribution is -2.42. The summed E-state index contributed by atoms with van der Waals surface area (Å²) in [6, 6.07) is 6.60. The molecule has 2 aromatic carbocycles. The normalized spacial score (nSPS) is 17.8. The molecule has 0 bridgehead atoms. The molecule has 31 heavy (non-hydrogen) atoms. The molecule has 1 N–H and O–H groups in total. The van der Waals surface area contributed by atoms with Gasteiger partial charge in [-0.1, -0.05) is 24.6 Å². The van der Waals surface area contributed by atoms with Gasteiger partial charge in [0.15, 0.2) is 0 Å². The smallest absolute Gasteiger partial charge is 0.391 e. The van der Waals surface area contributed by atoms with Crippen molar-refractivity contribution in [3.8, 4) is 0 Å². The van der Waals surface area contributed by atoms with E-state index >= 15 is 0 Å². The van der Waals surface area contributed by atoms with Gasteiger partial charge in [0.1, 0.15) is 11.9 Å². The van der Waals surface area contributed by atoms with Crippen molar-refractivity contribution < 1.29 is 17.2 Å². The first-order valence-corrected chi connectivity index (χ1v) is 11.5. The zero-order valence-corrected chi connectivity index (χ0v) is 18.7. The van der Waals surface area contributed by atoms with E-state index < -0.39 is 33.6 Å². The summed E-state index contributed by atoms with van der Waals surface area (Å²) in [4.78, 5) is 11.8. The highest BCUT2D eigenvalue weighted by molar-refractivity contribution is 7.89. The average Bonchev–Trinajstić information content (AvgIpc) is 3.12. The molecule has 0 saturated carbocycles. The summed E-state index contributed by atoms with van der Waals surface area (Å²) < 4.78 is 48.4. The van der Waals surface area contributed by atoms with Crippen molar-refractivity contribution in [3.05, 3.63) is 79.9 Å². The number of nitrogens with one attached hydrogen (secondary N) is 1. The fraction of sp³-hybridized carbons (Fsp3) is 0.333. The van der Waals surface area contributed by atoms with E-state index in [0.717, 1.165) is 5.56 Å². The van der Waals surface area contributed by atoms with Crippen molar-refractivity contribution in [2.24, 2.45) is 0 Å². The summed E-state index contributed by atoms with van der Waals surface area (Å²) >= 11 is 6.03. The third-order valence-corrected chi connectivity index (χ3v) is 8.11. The van der Waals surface area contributed by atoms with E-state index in [1.807, 2.05) is 6.92 Å². The lowest BCUT2D eigenvalue weighted by Gasteiger charge is -2.36. The van der Waals surface area contributed by atoms with Crippen molar-refractivity contribution in [1.29, 1.82) is 0 Å². The SMILES string of the molecule is Cc1ccc(F)c([C@@H](C)[C@@H](c2n[nH]c(=O)o2)N2CCc3cc(Cl)ccc3S2(=O)=O)c1C. The first-order valence-electron chi connectivity index (χ1n) is 9.72. The number of aromatic amines is 1. The van der Waals surface area contributed by atoms with E-state index in [0.29, 0.717) is 28.1 Å². The number of hydrogen-bond acceptors (Lipinski definition) is 5. The maximum atomic E-state index is 14.9. The fourth-order valence-electron chi connectivity index (χ4n) is 4.24. The van der Waals surface area contributed by atoms with Crippen LogP contribution in [0.4, 0.5) is 4.39 Å². The molecular weight excluding hydrogens is 445 g/mol. The van der Waals surface area contributed by atoms with Gasteiger partial charge in [0.25, 0.3) is 0 Å². The minimum Gasteiger partial charge on any atom is -0.391 e. The quantitative estimate of drug-likeness (QED) is 0.631. The summed E-state index contributed by atoms with van der Waals surface area (Å²) in [5.41, 5.74) is 2.54. The van der Waals surface area contributed by atoms with Crippen LogP contribution in [0.25, 0.3) is 0 Å². The first kappa shape index (κ1) is 21.7. The Kier molecular flexibility index (Phi) is 5.53. The van der Waals surface area contributed by atoms with Crippen LogP contribution >= 0.6 is 11.6 Å². The van der Waals surface area contributed by atoms with Crippen molar-refractivity contribution in [3.63, 3.8) is 0 Å². The highest BCUT2D eigenvalue weighted by atomic mass is 35.5. The molecule has 0 aliphatic carbocycles. The number of halogens is 2. The largest absolute Gasteiger partial charge is 0.434 e. The van der Waals surface area contributed by atoms with Crippen LogP contribution in [-0.2, 0) is 16.4 Å². The fourth-order valence-corrected chi connectivity index (χ4v) is 6.32. The molecule has 1 aromatic heterocycles. The number of aryl methyl sites for hydroxylation is 1. The third-order valence-electron chi connectivity index (χ3n) is 5.89. The van der Waals surface area contributed by atoms with E-state index in [1.54, 1.807) is 26.0 Å². The zero-order chi connectivity index (χ0) is 22.5. The maximum Gasteiger partial charge on any atom is 0.434 e. The molecule has 0 spiro atoms. The van der Waals surface area contributed by atoms with Crippen LogP contribution in [0.2, 0.25) is 5.02 Å². The topological polar surface area (TPSA) is 96.3 Å². The second-order valence-corrected chi connectivity index (χ2v) is 10.0. The van der Waals surface area contributed by atoms with Gasteiger partial charge in [0.05, 0.1) is 4.90 Å². The minimum absolute atomic E-state index is 0.105. The van der Waals surface area contributed by atoms with E-state index in [-0.39, 0.29) is 17.3 Å². The molecule has 0 fully saturated rings. The van der Waals surface area contributed by atoms with Gasteiger partial charge in [-0.2, -0.15) is 4.31 Å². The minimum atomic E-state index is -3.99.